The van der Waals surface area contributed by atoms with Crippen LogP contribution in [0.5, 0.6) is 5.75 Å². The summed E-state index contributed by atoms with van der Waals surface area (Å²) in [6.07, 6.45) is 4.38. The second-order valence-corrected chi connectivity index (χ2v) is 9.15. The van der Waals surface area contributed by atoms with Crippen LogP contribution in [0.3, 0.4) is 0 Å². The van der Waals surface area contributed by atoms with Gasteiger partial charge in [-0.25, -0.2) is 15.6 Å². The first-order valence-electron chi connectivity index (χ1n) is 10.2. The summed E-state index contributed by atoms with van der Waals surface area (Å²) in [5.41, 5.74) is 10.3. The Hall–Kier alpha value is -2.42. The van der Waals surface area contributed by atoms with Crippen LogP contribution in [0.2, 0.25) is 0 Å². The Balaban J connectivity index is 1.52. The number of anilines is 1. The standard InChI is InChI=1S/C22H27N3O4S/c1-11-8-12(2)19(26)14(9-11)15-10-16(25-24-15)20(27)23-21-18(22(28)29-3)13-6-4-5-7-17(13)30-21/h8-9,15-16,24-26H,4-7,10H2,1-3H3,(H,23,27). The number of aromatic hydroxyl groups is 1. The number of phenolic OH excluding ortho intramolecular Hbond substituents is 1. The molecule has 1 aliphatic heterocycles. The van der Waals surface area contributed by atoms with Crippen molar-refractivity contribution in [1.82, 2.24) is 10.9 Å². The number of hydrogen-bond acceptors (Lipinski definition) is 7. The van der Waals surface area contributed by atoms with Crippen molar-refractivity contribution < 1.29 is 19.4 Å². The van der Waals surface area contributed by atoms with Gasteiger partial charge >= 0.3 is 5.97 Å². The molecule has 1 aromatic heterocycles. The Morgan fingerprint density at radius 3 is 2.73 bits per heavy atom. The monoisotopic (exact) mass is 429 g/mol. The Labute approximate surface area is 179 Å². The molecule has 2 unspecified atom stereocenters. The fourth-order valence-corrected chi connectivity index (χ4v) is 5.64. The average Bonchev–Trinajstić information content (AvgIpc) is 3.35. The van der Waals surface area contributed by atoms with Crippen molar-refractivity contribution >= 4 is 28.2 Å². The van der Waals surface area contributed by atoms with Gasteiger partial charge in [-0.05, 0) is 57.1 Å². The summed E-state index contributed by atoms with van der Waals surface area (Å²) in [4.78, 5) is 26.5. The number of hydrogen-bond donors (Lipinski definition) is 4. The predicted octanol–water partition coefficient (Wildman–Crippen LogP) is 3.28. The van der Waals surface area contributed by atoms with E-state index in [1.807, 2.05) is 26.0 Å². The van der Waals surface area contributed by atoms with Crippen LogP contribution < -0.4 is 16.2 Å². The number of carbonyl (C=O) groups is 2. The van der Waals surface area contributed by atoms with Crippen LogP contribution in [0.25, 0.3) is 0 Å². The van der Waals surface area contributed by atoms with Crippen LogP contribution >= 0.6 is 11.3 Å². The molecular weight excluding hydrogens is 402 g/mol. The zero-order chi connectivity index (χ0) is 21.4. The lowest BCUT2D eigenvalue weighted by molar-refractivity contribution is -0.117. The number of thiophene rings is 1. The molecule has 30 heavy (non-hydrogen) atoms. The van der Waals surface area contributed by atoms with Gasteiger partial charge in [-0.3, -0.25) is 4.79 Å². The normalized spacial score (nSPS) is 20.6. The van der Waals surface area contributed by atoms with E-state index in [4.69, 9.17) is 4.74 Å². The third kappa shape index (κ3) is 3.82. The van der Waals surface area contributed by atoms with Crippen molar-refractivity contribution in [3.63, 3.8) is 0 Å². The summed E-state index contributed by atoms with van der Waals surface area (Å²) < 4.78 is 4.98. The number of amides is 1. The van der Waals surface area contributed by atoms with Gasteiger partial charge in [0.15, 0.2) is 0 Å². The van der Waals surface area contributed by atoms with Crippen molar-refractivity contribution in [3.8, 4) is 5.75 Å². The third-order valence-electron chi connectivity index (χ3n) is 5.87. The quantitative estimate of drug-likeness (QED) is 0.557. The number of hydrazine groups is 1. The van der Waals surface area contributed by atoms with Gasteiger partial charge in [0.2, 0.25) is 5.91 Å². The lowest BCUT2D eigenvalue weighted by Crippen LogP contribution is -2.39. The third-order valence-corrected chi connectivity index (χ3v) is 7.07. The van der Waals surface area contributed by atoms with E-state index in [1.54, 1.807) is 0 Å². The molecule has 7 nitrogen and oxygen atoms in total. The van der Waals surface area contributed by atoms with Gasteiger partial charge in [-0.15, -0.1) is 11.3 Å². The molecule has 1 aromatic carbocycles. The molecule has 1 saturated heterocycles. The molecule has 2 atom stereocenters. The van der Waals surface area contributed by atoms with Crippen LogP contribution in [0, 0.1) is 13.8 Å². The highest BCUT2D eigenvalue weighted by Crippen LogP contribution is 2.39. The van der Waals surface area contributed by atoms with E-state index in [-0.39, 0.29) is 17.7 Å². The maximum atomic E-state index is 13.0. The van der Waals surface area contributed by atoms with Crippen molar-refractivity contribution in [2.75, 3.05) is 12.4 Å². The van der Waals surface area contributed by atoms with Gasteiger partial charge in [0, 0.05) is 10.4 Å². The van der Waals surface area contributed by atoms with E-state index >= 15 is 0 Å². The number of benzene rings is 1. The van der Waals surface area contributed by atoms with E-state index in [9.17, 15) is 14.7 Å². The SMILES string of the molecule is COC(=O)c1c(NC(=O)C2CC(c3cc(C)cc(C)c3O)NN2)sc2c1CCCC2. The second kappa shape index (κ2) is 8.37. The first-order chi connectivity index (χ1) is 14.4. The van der Waals surface area contributed by atoms with Crippen LogP contribution in [0.15, 0.2) is 12.1 Å². The molecule has 8 heteroatoms. The Kier molecular flexibility index (Phi) is 5.81. The summed E-state index contributed by atoms with van der Waals surface area (Å²) in [6.45, 7) is 3.85. The van der Waals surface area contributed by atoms with Crippen molar-refractivity contribution in [2.45, 2.75) is 58.0 Å². The molecule has 2 aromatic rings. The summed E-state index contributed by atoms with van der Waals surface area (Å²) in [5.74, 6) is -0.363. The number of fused-ring (bicyclic) bond motifs is 1. The minimum atomic E-state index is -0.486. The van der Waals surface area contributed by atoms with Crippen LogP contribution in [-0.4, -0.2) is 30.1 Å². The average molecular weight is 430 g/mol. The van der Waals surface area contributed by atoms with E-state index in [0.717, 1.165) is 52.8 Å². The minimum absolute atomic E-state index is 0.184. The molecule has 0 saturated carbocycles. The second-order valence-electron chi connectivity index (χ2n) is 8.05. The fraction of sp³-hybridized carbons (Fsp3) is 0.455. The number of ether oxygens (including phenoxy) is 1. The largest absolute Gasteiger partial charge is 0.507 e. The minimum Gasteiger partial charge on any atom is -0.507 e. The van der Waals surface area contributed by atoms with Gasteiger partial charge < -0.3 is 15.2 Å². The van der Waals surface area contributed by atoms with Gasteiger partial charge in [-0.2, -0.15) is 0 Å². The molecule has 1 fully saturated rings. The molecule has 4 rings (SSSR count). The first kappa shape index (κ1) is 20.8. The molecule has 0 spiro atoms. The zero-order valence-corrected chi connectivity index (χ0v) is 18.2. The Bertz CT molecular complexity index is 1000. The van der Waals surface area contributed by atoms with Crippen LogP contribution in [0.4, 0.5) is 5.00 Å². The number of nitrogens with one attached hydrogen (secondary N) is 3. The summed E-state index contributed by atoms with van der Waals surface area (Å²) in [5, 5.41) is 14.0. The summed E-state index contributed by atoms with van der Waals surface area (Å²) >= 11 is 1.48. The van der Waals surface area contributed by atoms with E-state index in [2.05, 4.69) is 16.2 Å². The molecule has 2 heterocycles. The maximum absolute atomic E-state index is 13.0. The molecule has 1 amide bonds. The van der Waals surface area contributed by atoms with Crippen LogP contribution in [0.1, 0.15) is 62.8 Å². The smallest absolute Gasteiger partial charge is 0.341 e. The highest BCUT2D eigenvalue weighted by Gasteiger charge is 2.34. The summed E-state index contributed by atoms with van der Waals surface area (Å²) in [6, 6.07) is 3.19. The topological polar surface area (TPSA) is 99.7 Å². The zero-order valence-electron chi connectivity index (χ0n) is 17.4. The number of esters is 1. The number of methoxy groups -OCH3 is 1. The highest BCUT2D eigenvalue weighted by molar-refractivity contribution is 7.17. The number of rotatable bonds is 4. The van der Waals surface area contributed by atoms with Crippen molar-refractivity contribution in [1.29, 1.82) is 0 Å². The molecule has 0 radical (unpaired) electrons. The first-order valence-corrected chi connectivity index (χ1v) is 11.1. The molecule has 2 aliphatic rings. The van der Waals surface area contributed by atoms with E-state index in [0.29, 0.717) is 17.0 Å². The van der Waals surface area contributed by atoms with Gasteiger partial charge in [0.05, 0.1) is 18.7 Å². The fourth-order valence-electron chi connectivity index (χ4n) is 4.36. The summed E-state index contributed by atoms with van der Waals surface area (Å²) in [7, 11) is 1.37. The number of carbonyl (C=O) groups excluding carboxylic acids is 2. The number of phenols is 1. The molecule has 0 bridgehead atoms. The predicted molar refractivity (Wildman–Crippen MR) is 116 cm³/mol. The number of aryl methyl sites for hydroxylation is 3. The Morgan fingerprint density at radius 1 is 1.20 bits per heavy atom. The van der Waals surface area contributed by atoms with Crippen molar-refractivity contribution in [3.05, 3.63) is 44.8 Å². The maximum Gasteiger partial charge on any atom is 0.341 e. The highest BCUT2D eigenvalue weighted by atomic mass is 32.1. The molecule has 4 N–H and O–H groups in total. The van der Waals surface area contributed by atoms with Gasteiger partial charge in [0.1, 0.15) is 16.8 Å². The van der Waals surface area contributed by atoms with Gasteiger partial charge in [0.25, 0.3) is 0 Å². The molecule has 1 aliphatic carbocycles. The van der Waals surface area contributed by atoms with Crippen LogP contribution in [-0.2, 0) is 22.4 Å². The van der Waals surface area contributed by atoms with E-state index in [1.165, 1.54) is 18.4 Å². The van der Waals surface area contributed by atoms with Crippen molar-refractivity contribution in [2.24, 2.45) is 0 Å². The lowest BCUT2D eigenvalue weighted by Gasteiger charge is -2.15. The Morgan fingerprint density at radius 2 is 1.97 bits per heavy atom. The molecule has 160 valence electrons. The lowest BCUT2D eigenvalue weighted by atomic mass is 9.95. The van der Waals surface area contributed by atoms with Gasteiger partial charge in [-0.1, -0.05) is 17.7 Å². The molecular formula is C22H27N3O4S. The van der Waals surface area contributed by atoms with E-state index < -0.39 is 12.0 Å².